The van der Waals surface area contributed by atoms with E-state index >= 15 is 0 Å². The average molecular weight is 467 g/mol. The van der Waals surface area contributed by atoms with Crippen LogP contribution in [-0.4, -0.2) is 6.61 Å². The van der Waals surface area contributed by atoms with Gasteiger partial charge in [-0.15, -0.1) is 0 Å². The Labute approximate surface area is 208 Å². The smallest absolute Gasteiger partial charge is 0.134 e. The van der Waals surface area contributed by atoms with Crippen LogP contribution in [-0.2, 0) is 6.42 Å². The Morgan fingerprint density at radius 2 is 1.38 bits per heavy atom. The normalized spacial score (nSPS) is 18.2. The van der Waals surface area contributed by atoms with Crippen molar-refractivity contribution in [3.63, 3.8) is 0 Å². The molecular weight excluding hydrogens is 419 g/mol. The maximum absolute atomic E-state index is 14.9. The second-order valence-electron chi connectivity index (χ2n) is 10.5. The molecule has 1 saturated carbocycles. The number of hydrogen-bond donors (Lipinski definition) is 0. The van der Waals surface area contributed by atoms with Gasteiger partial charge < -0.3 is 4.74 Å². The van der Waals surface area contributed by atoms with Gasteiger partial charge in [-0.3, -0.25) is 0 Å². The van der Waals surface area contributed by atoms with Gasteiger partial charge >= 0.3 is 0 Å². The highest BCUT2D eigenvalue weighted by atomic mass is 19.1. The minimum absolute atomic E-state index is 0.194. The lowest BCUT2D eigenvalue weighted by Crippen LogP contribution is -2.20. The summed E-state index contributed by atoms with van der Waals surface area (Å²) in [7, 11) is 0. The second-order valence-corrected chi connectivity index (χ2v) is 10.5. The topological polar surface area (TPSA) is 9.23 Å². The Morgan fingerprint density at radius 1 is 0.735 bits per heavy atom. The third-order valence-corrected chi connectivity index (χ3v) is 7.69. The van der Waals surface area contributed by atoms with Crippen molar-refractivity contribution in [2.45, 2.75) is 110 Å². The molecule has 0 heterocycles. The lowest BCUT2D eigenvalue weighted by Gasteiger charge is -2.28. The van der Waals surface area contributed by atoms with Crippen molar-refractivity contribution >= 4 is 0 Å². The van der Waals surface area contributed by atoms with Gasteiger partial charge in [0.05, 0.1) is 6.61 Å². The van der Waals surface area contributed by atoms with Crippen molar-refractivity contribution in [3.05, 3.63) is 53.8 Å². The maximum atomic E-state index is 14.9. The molecule has 188 valence electrons. The molecule has 0 radical (unpaired) electrons. The van der Waals surface area contributed by atoms with Gasteiger partial charge in [0.15, 0.2) is 0 Å². The summed E-state index contributed by atoms with van der Waals surface area (Å²) >= 11 is 0. The fourth-order valence-corrected chi connectivity index (χ4v) is 5.36. The molecule has 0 saturated heterocycles. The van der Waals surface area contributed by atoms with Gasteiger partial charge in [-0.05, 0) is 60.8 Å². The first-order chi connectivity index (χ1) is 16.7. The number of ether oxygens (including phenoxy) is 1. The van der Waals surface area contributed by atoms with Crippen LogP contribution in [0.1, 0.15) is 109 Å². The van der Waals surface area contributed by atoms with Gasteiger partial charge in [-0.1, -0.05) is 109 Å². The van der Waals surface area contributed by atoms with E-state index in [2.05, 4.69) is 38.1 Å². The number of aryl methyl sites for hydroxylation is 1. The van der Waals surface area contributed by atoms with E-state index in [1.54, 1.807) is 6.07 Å². The standard InChI is InChI=1S/C32H47FO/c1-3-5-7-9-11-13-27-18-20-29(21-19-27)31-23-22-30(24-32(31)33)34-25-28-16-14-26(15-17-28)12-10-8-6-4-2/h18-24,26,28H,3-17,25H2,1-2H3/t26-,28-. The molecule has 2 heteroatoms. The average Bonchev–Trinajstić information content (AvgIpc) is 2.86. The molecule has 1 nitrogen and oxygen atoms in total. The fraction of sp³-hybridized carbons (Fsp3) is 0.625. The fourth-order valence-electron chi connectivity index (χ4n) is 5.36. The molecule has 1 aliphatic rings. The molecule has 2 aromatic rings. The zero-order valence-corrected chi connectivity index (χ0v) is 21.8. The molecule has 1 fully saturated rings. The summed E-state index contributed by atoms with van der Waals surface area (Å²) < 4.78 is 20.9. The van der Waals surface area contributed by atoms with Crippen LogP contribution in [0.2, 0.25) is 0 Å². The zero-order chi connectivity index (χ0) is 24.0. The Hall–Kier alpha value is -1.83. The van der Waals surface area contributed by atoms with Gasteiger partial charge in [-0.25, -0.2) is 4.39 Å². The molecule has 0 unspecified atom stereocenters. The highest BCUT2D eigenvalue weighted by molar-refractivity contribution is 5.65. The summed E-state index contributed by atoms with van der Waals surface area (Å²) in [5.41, 5.74) is 2.94. The van der Waals surface area contributed by atoms with Crippen LogP contribution in [0.15, 0.2) is 42.5 Å². The monoisotopic (exact) mass is 466 g/mol. The van der Waals surface area contributed by atoms with Crippen molar-refractivity contribution in [2.75, 3.05) is 6.61 Å². The molecule has 34 heavy (non-hydrogen) atoms. The molecule has 3 rings (SSSR count). The lowest BCUT2D eigenvalue weighted by molar-refractivity contribution is 0.177. The van der Waals surface area contributed by atoms with Crippen molar-refractivity contribution in [1.29, 1.82) is 0 Å². The molecule has 0 bridgehead atoms. The van der Waals surface area contributed by atoms with Crippen molar-refractivity contribution in [2.24, 2.45) is 11.8 Å². The lowest BCUT2D eigenvalue weighted by atomic mass is 9.80. The summed E-state index contributed by atoms with van der Waals surface area (Å²) in [5, 5.41) is 0. The van der Waals surface area contributed by atoms with Crippen LogP contribution in [0, 0.1) is 17.7 Å². The van der Waals surface area contributed by atoms with Crippen LogP contribution in [0.4, 0.5) is 4.39 Å². The van der Waals surface area contributed by atoms with E-state index in [0.29, 0.717) is 23.8 Å². The number of halogens is 1. The Balaban J connectivity index is 1.41. The molecule has 0 atom stereocenters. The van der Waals surface area contributed by atoms with Gasteiger partial charge in [0, 0.05) is 11.6 Å². The highest BCUT2D eigenvalue weighted by Crippen LogP contribution is 2.33. The Kier molecular flexibility index (Phi) is 12.0. The van der Waals surface area contributed by atoms with E-state index in [4.69, 9.17) is 4.74 Å². The summed E-state index contributed by atoms with van der Waals surface area (Å²) in [5.74, 6) is 1.99. The molecule has 2 aromatic carbocycles. The molecule has 0 N–H and O–H groups in total. The van der Waals surface area contributed by atoms with Crippen molar-refractivity contribution < 1.29 is 9.13 Å². The number of benzene rings is 2. The maximum Gasteiger partial charge on any atom is 0.134 e. The van der Waals surface area contributed by atoms with Gasteiger partial charge in [0.25, 0.3) is 0 Å². The first-order valence-corrected chi connectivity index (χ1v) is 14.2. The molecule has 0 aliphatic heterocycles. The van der Waals surface area contributed by atoms with E-state index in [1.807, 2.05) is 12.1 Å². The van der Waals surface area contributed by atoms with E-state index in [0.717, 1.165) is 17.9 Å². The summed E-state index contributed by atoms with van der Waals surface area (Å²) in [6.07, 6.45) is 19.7. The molecular formula is C32H47FO. The molecule has 0 spiro atoms. The minimum atomic E-state index is -0.194. The molecule has 0 aromatic heterocycles. The predicted molar refractivity (Wildman–Crippen MR) is 144 cm³/mol. The van der Waals surface area contributed by atoms with Crippen molar-refractivity contribution in [3.8, 4) is 16.9 Å². The first kappa shape index (κ1) is 26.8. The van der Waals surface area contributed by atoms with E-state index < -0.39 is 0 Å². The number of hydrogen-bond acceptors (Lipinski definition) is 1. The SMILES string of the molecule is CCCCCCCc1ccc(-c2ccc(OC[C@H]3CC[C@H](CCCCCC)CC3)cc2F)cc1. The van der Waals surface area contributed by atoms with Crippen LogP contribution in [0.3, 0.4) is 0 Å². The van der Waals surface area contributed by atoms with Gasteiger partial charge in [-0.2, -0.15) is 0 Å². The molecule has 0 amide bonds. The van der Waals surface area contributed by atoms with Gasteiger partial charge in [0.1, 0.15) is 11.6 Å². The van der Waals surface area contributed by atoms with Crippen LogP contribution in [0.25, 0.3) is 11.1 Å². The third kappa shape index (κ3) is 9.08. The van der Waals surface area contributed by atoms with Crippen LogP contribution < -0.4 is 4.74 Å². The van der Waals surface area contributed by atoms with E-state index in [9.17, 15) is 4.39 Å². The van der Waals surface area contributed by atoms with Gasteiger partial charge in [0.2, 0.25) is 0 Å². The minimum Gasteiger partial charge on any atom is -0.493 e. The predicted octanol–water partition coefficient (Wildman–Crippen LogP) is 10.2. The molecule has 1 aliphatic carbocycles. The number of unbranched alkanes of at least 4 members (excludes halogenated alkanes) is 7. The van der Waals surface area contributed by atoms with Crippen molar-refractivity contribution in [1.82, 2.24) is 0 Å². The van der Waals surface area contributed by atoms with Crippen LogP contribution in [0.5, 0.6) is 5.75 Å². The van der Waals surface area contributed by atoms with Crippen LogP contribution >= 0.6 is 0 Å². The zero-order valence-electron chi connectivity index (χ0n) is 21.8. The third-order valence-electron chi connectivity index (χ3n) is 7.69. The number of rotatable bonds is 15. The quantitative estimate of drug-likeness (QED) is 0.237. The first-order valence-electron chi connectivity index (χ1n) is 14.2. The summed E-state index contributed by atoms with van der Waals surface area (Å²) in [6.45, 7) is 5.24. The summed E-state index contributed by atoms with van der Waals surface area (Å²) in [4.78, 5) is 0. The Bertz CT molecular complexity index is 804. The van der Waals surface area contributed by atoms with E-state index in [-0.39, 0.29) is 5.82 Å². The highest BCUT2D eigenvalue weighted by Gasteiger charge is 2.21. The summed E-state index contributed by atoms with van der Waals surface area (Å²) in [6, 6.07) is 13.8. The second kappa shape index (κ2) is 15.2. The Morgan fingerprint density at radius 3 is 2.06 bits per heavy atom. The largest absolute Gasteiger partial charge is 0.493 e. The van der Waals surface area contributed by atoms with E-state index in [1.165, 1.54) is 95.5 Å².